The highest BCUT2D eigenvalue weighted by Crippen LogP contribution is 2.40. The Kier molecular flexibility index (Phi) is 8.32. The standard InChI is InChI=1S/C32H34ClN5O5/c1-18-13-19-5-3-4-6-22(19)29(18)36-27(39)17-38-26(15-28(40)42-2)23-8-7-20(14-24(23)31(38)41)30-25(33)16-34-32(37-30)35-21-9-11-43-12-10-21/h3-8,14,16,18,21,26,29H,9-13,15,17H2,1-2H3,(H,36,39)(H,34,35,37)/t18-,26?,29-/m1/s1. The fraction of sp³-hybridized carbons (Fsp3) is 0.406. The third kappa shape index (κ3) is 5.94. The number of fused-ring (bicyclic) bond motifs is 2. The average Bonchev–Trinajstić information content (AvgIpc) is 3.46. The van der Waals surface area contributed by atoms with Gasteiger partial charge in [-0.05, 0) is 47.9 Å². The zero-order valence-electron chi connectivity index (χ0n) is 24.1. The highest BCUT2D eigenvalue weighted by Gasteiger charge is 2.40. The number of halogens is 1. The molecule has 2 N–H and O–H groups in total. The van der Waals surface area contributed by atoms with Gasteiger partial charge in [-0.15, -0.1) is 0 Å². The topological polar surface area (TPSA) is 123 Å². The molecule has 0 saturated carbocycles. The molecule has 11 heteroatoms. The maximum atomic E-state index is 13.8. The van der Waals surface area contributed by atoms with Crippen molar-refractivity contribution < 1.29 is 23.9 Å². The van der Waals surface area contributed by atoms with Crippen LogP contribution in [0.1, 0.15) is 65.3 Å². The van der Waals surface area contributed by atoms with Crippen molar-refractivity contribution in [3.63, 3.8) is 0 Å². The number of hydrogen-bond acceptors (Lipinski definition) is 8. The Morgan fingerprint density at radius 2 is 1.93 bits per heavy atom. The molecule has 3 heterocycles. The van der Waals surface area contributed by atoms with Crippen LogP contribution >= 0.6 is 11.6 Å². The maximum absolute atomic E-state index is 13.8. The number of amides is 2. The summed E-state index contributed by atoms with van der Waals surface area (Å²) in [6.45, 7) is 3.27. The van der Waals surface area contributed by atoms with E-state index in [2.05, 4.69) is 33.6 Å². The van der Waals surface area contributed by atoms with Gasteiger partial charge in [-0.1, -0.05) is 54.9 Å². The smallest absolute Gasteiger partial charge is 0.307 e. The zero-order chi connectivity index (χ0) is 30.1. The summed E-state index contributed by atoms with van der Waals surface area (Å²) in [7, 11) is 1.31. The fourth-order valence-corrected chi connectivity index (χ4v) is 6.54. The number of esters is 1. The van der Waals surface area contributed by atoms with Crippen LogP contribution in [0.25, 0.3) is 11.3 Å². The maximum Gasteiger partial charge on any atom is 0.307 e. The largest absolute Gasteiger partial charge is 0.469 e. The van der Waals surface area contributed by atoms with Gasteiger partial charge < -0.3 is 25.0 Å². The number of carbonyl (C=O) groups excluding carboxylic acids is 3. The minimum Gasteiger partial charge on any atom is -0.469 e. The predicted octanol–water partition coefficient (Wildman–Crippen LogP) is 4.50. The molecule has 2 aromatic carbocycles. The van der Waals surface area contributed by atoms with Crippen LogP contribution in [0.4, 0.5) is 5.95 Å². The lowest BCUT2D eigenvalue weighted by Gasteiger charge is -2.26. The lowest BCUT2D eigenvalue weighted by atomic mass is 9.98. The molecule has 0 radical (unpaired) electrons. The summed E-state index contributed by atoms with van der Waals surface area (Å²) < 4.78 is 10.4. The molecule has 1 aromatic heterocycles. The fourth-order valence-electron chi connectivity index (χ4n) is 6.34. The molecule has 3 aromatic rings. The van der Waals surface area contributed by atoms with Crippen LogP contribution in [0.2, 0.25) is 5.02 Å². The number of rotatable bonds is 8. The summed E-state index contributed by atoms with van der Waals surface area (Å²) in [5.41, 5.74) is 4.48. The van der Waals surface area contributed by atoms with Gasteiger partial charge in [-0.25, -0.2) is 9.97 Å². The van der Waals surface area contributed by atoms with E-state index < -0.39 is 12.0 Å². The van der Waals surface area contributed by atoms with Gasteiger partial charge in [0.15, 0.2) is 0 Å². The second-order valence-corrected chi connectivity index (χ2v) is 11.8. The van der Waals surface area contributed by atoms with Crippen molar-refractivity contribution in [3.8, 4) is 11.3 Å². The highest BCUT2D eigenvalue weighted by atomic mass is 35.5. The summed E-state index contributed by atoms with van der Waals surface area (Å²) in [4.78, 5) is 50.0. The molecule has 224 valence electrons. The normalized spacial score (nSPS) is 21.3. The molecule has 3 atom stereocenters. The minimum absolute atomic E-state index is 0.0715. The summed E-state index contributed by atoms with van der Waals surface area (Å²) >= 11 is 6.52. The van der Waals surface area contributed by atoms with Crippen LogP contribution in [-0.2, 0) is 25.5 Å². The molecule has 2 amide bonds. The number of hydrogen-bond donors (Lipinski definition) is 2. The molecule has 3 aliphatic rings. The first-order valence-corrected chi connectivity index (χ1v) is 15.0. The molecule has 1 fully saturated rings. The van der Waals surface area contributed by atoms with Crippen LogP contribution in [0.15, 0.2) is 48.7 Å². The van der Waals surface area contributed by atoms with Gasteiger partial charge in [0.05, 0.1) is 42.5 Å². The number of ether oxygens (including phenoxy) is 2. The molecule has 1 saturated heterocycles. The monoisotopic (exact) mass is 603 g/mol. The average molecular weight is 604 g/mol. The van der Waals surface area contributed by atoms with Crippen molar-refractivity contribution >= 4 is 35.3 Å². The molecule has 0 spiro atoms. The van der Waals surface area contributed by atoms with E-state index in [9.17, 15) is 14.4 Å². The van der Waals surface area contributed by atoms with Crippen LogP contribution in [0.3, 0.4) is 0 Å². The quantitative estimate of drug-likeness (QED) is 0.361. The van der Waals surface area contributed by atoms with Crippen molar-refractivity contribution in [3.05, 3.63) is 75.9 Å². The van der Waals surface area contributed by atoms with Crippen molar-refractivity contribution in [2.45, 2.75) is 50.7 Å². The van der Waals surface area contributed by atoms with Crippen LogP contribution < -0.4 is 10.6 Å². The highest BCUT2D eigenvalue weighted by molar-refractivity contribution is 6.33. The number of anilines is 1. The van der Waals surface area contributed by atoms with Gasteiger partial charge >= 0.3 is 5.97 Å². The van der Waals surface area contributed by atoms with Crippen molar-refractivity contribution in [1.29, 1.82) is 0 Å². The number of benzene rings is 2. The lowest BCUT2D eigenvalue weighted by Crippen LogP contribution is -2.41. The number of aromatic nitrogens is 2. The van der Waals surface area contributed by atoms with E-state index in [1.54, 1.807) is 18.3 Å². The van der Waals surface area contributed by atoms with Crippen molar-refractivity contribution in [2.75, 3.05) is 32.2 Å². The van der Waals surface area contributed by atoms with Gasteiger partial charge in [0.25, 0.3) is 5.91 Å². The van der Waals surface area contributed by atoms with Gasteiger partial charge in [-0.3, -0.25) is 14.4 Å². The molecule has 0 bridgehead atoms. The van der Waals surface area contributed by atoms with E-state index in [0.717, 1.165) is 24.8 Å². The van der Waals surface area contributed by atoms with Gasteiger partial charge in [-0.2, -0.15) is 0 Å². The first-order valence-electron chi connectivity index (χ1n) is 14.6. The first kappa shape index (κ1) is 29.1. The molecule has 1 unspecified atom stereocenters. The summed E-state index contributed by atoms with van der Waals surface area (Å²) in [6, 6.07) is 12.8. The molecule has 10 nitrogen and oxygen atoms in total. The Labute approximate surface area is 255 Å². The van der Waals surface area contributed by atoms with E-state index in [0.29, 0.717) is 46.6 Å². The molecule has 43 heavy (non-hydrogen) atoms. The minimum atomic E-state index is -0.644. The lowest BCUT2D eigenvalue weighted by molar-refractivity contribution is -0.142. The SMILES string of the molecule is COC(=O)CC1c2ccc(-c3nc(NC4CCOCC4)ncc3Cl)cc2C(=O)N1CC(=O)N[C@H]1c2ccccc2C[C@H]1C. The Bertz CT molecular complexity index is 1560. The van der Waals surface area contributed by atoms with Crippen LogP contribution in [0.5, 0.6) is 0 Å². The number of nitrogens with zero attached hydrogens (tertiary/aromatic N) is 3. The van der Waals surface area contributed by atoms with E-state index in [-0.39, 0.29) is 42.8 Å². The second-order valence-electron chi connectivity index (χ2n) is 11.4. The Balaban J connectivity index is 1.25. The van der Waals surface area contributed by atoms with Crippen molar-refractivity contribution in [2.24, 2.45) is 5.92 Å². The number of nitrogens with one attached hydrogen (secondary N) is 2. The Hall–Kier alpha value is -4.02. The predicted molar refractivity (Wildman–Crippen MR) is 161 cm³/mol. The van der Waals surface area contributed by atoms with Gasteiger partial charge in [0, 0.05) is 30.4 Å². The van der Waals surface area contributed by atoms with Gasteiger partial charge in [0.1, 0.15) is 6.54 Å². The molecule has 1 aliphatic carbocycles. The van der Waals surface area contributed by atoms with Crippen molar-refractivity contribution in [1.82, 2.24) is 20.2 Å². The van der Waals surface area contributed by atoms with Gasteiger partial charge in [0.2, 0.25) is 11.9 Å². The van der Waals surface area contributed by atoms with Crippen LogP contribution in [0, 0.1) is 5.92 Å². The Morgan fingerprint density at radius 1 is 1.14 bits per heavy atom. The zero-order valence-corrected chi connectivity index (χ0v) is 24.9. The van der Waals surface area contributed by atoms with Crippen LogP contribution in [-0.4, -0.2) is 65.6 Å². The molecule has 6 rings (SSSR count). The first-order chi connectivity index (χ1) is 20.8. The van der Waals surface area contributed by atoms with E-state index in [1.807, 2.05) is 24.3 Å². The molecular weight excluding hydrogens is 570 g/mol. The third-order valence-electron chi connectivity index (χ3n) is 8.57. The third-order valence-corrected chi connectivity index (χ3v) is 8.85. The molecule has 2 aliphatic heterocycles. The van der Waals surface area contributed by atoms with E-state index in [1.165, 1.54) is 17.6 Å². The number of carbonyl (C=O) groups is 3. The summed E-state index contributed by atoms with van der Waals surface area (Å²) in [5, 5.41) is 6.83. The summed E-state index contributed by atoms with van der Waals surface area (Å²) in [5.74, 6) is -0.424. The molecular formula is C32H34ClN5O5. The summed E-state index contributed by atoms with van der Waals surface area (Å²) in [6.07, 6.45) is 4.05. The van der Waals surface area contributed by atoms with E-state index >= 15 is 0 Å². The second kappa shape index (κ2) is 12.3. The number of methoxy groups -OCH3 is 1. The van der Waals surface area contributed by atoms with E-state index in [4.69, 9.17) is 21.1 Å². The Morgan fingerprint density at radius 3 is 2.72 bits per heavy atom.